The van der Waals surface area contributed by atoms with Gasteiger partial charge in [0.25, 0.3) is 0 Å². The summed E-state index contributed by atoms with van der Waals surface area (Å²) < 4.78 is 10.4. The van der Waals surface area contributed by atoms with Crippen LogP contribution in [0, 0.1) is 0 Å². The number of urea groups is 1. The Morgan fingerprint density at radius 2 is 1.83 bits per heavy atom. The highest BCUT2D eigenvalue weighted by molar-refractivity contribution is 6.31. The third-order valence-electron chi connectivity index (χ3n) is 3.25. The van der Waals surface area contributed by atoms with Crippen molar-refractivity contribution < 1.29 is 19.1 Å². The molecule has 3 N–H and O–H groups in total. The fourth-order valence-corrected chi connectivity index (χ4v) is 2.32. The van der Waals surface area contributed by atoms with Crippen molar-refractivity contribution in [3.63, 3.8) is 0 Å². The molecule has 0 atom stereocenters. The second kappa shape index (κ2) is 7.10. The molecule has 3 amide bonds. The summed E-state index contributed by atoms with van der Waals surface area (Å²) >= 11 is 5.98. The first kappa shape index (κ1) is 15.9. The van der Waals surface area contributed by atoms with Crippen LogP contribution >= 0.6 is 11.6 Å². The molecule has 2 aromatic rings. The predicted octanol–water partition coefficient (Wildman–Crippen LogP) is 2.46. The average molecular weight is 348 g/mol. The van der Waals surface area contributed by atoms with Gasteiger partial charge in [0.05, 0.1) is 6.42 Å². The number of ether oxygens (including phenoxy) is 2. The Kier molecular flexibility index (Phi) is 4.72. The minimum Gasteiger partial charge on any atom is -0.454 e. The molecule has 1 aliphatic heterocycles. The molecular formula is C16H14ClN3O4. The Bertz CT molecular complexity index is 782. The minimum absolute atomic E-state index is 0.0595. The van der Waals surface area contributed by atoms with Crippen molar-refractivity contribution in [3.8, 4) is 11.5 Å². The van der Waals surface area contributed by atoms with E-state index in [-0.39, 0.29) is 19.1 Å². The van der Waals surface area contributed by atoms with E-state index >= 15 is 0 Å². The molecule has 1 heterocycles. The van der Waals surface area contributed by atoms with E-state index in [1.807, 2.05) is 0 Å². The lowest BCUT2D eigenvalue weighted by Crippen LogP contribution is -2.44. The highest BCUT2D eigenvalue weighted by Crippen LogP contribution is 2.34. The standard InChI is InChI=1S/C16H14ClN3O4/c17-12-4-2-1-3-10(12)7-15(21)19-20-16(22)18-11-5-6-13-14(8-11)24-9-23-13/h1-6,8H,7,9H2,(H,19,21)(H2,18,20,22). The van der Waals surface area contributed by atoms with Crippen molar-refractivity contribution in [2.24, 2.45) is 0 Å². The summed E-state index contributed by atoms with van der Waals surface area (Å²) in [5.41, 5.74) is 5.78. The number of halogens is 1. The van der Waals surface area contributed by atoms with Gasteiger partial charge in [-0.15, -0.1) is 0 Å². The van der Waals surface area contributed by atoms with E-state index in [2.05, 4.69) is 16.2 Å². The third-order valence-corrected chi connectivity index (χ3v) is 3.62. The van der Waals surface area contributed by atoms with Crippen LogP contribution in [0.3, 0.4) is 0 Å². The molecule has 7 nitrogen and oxygen atoms in total. The molecule has 0 spiro atoms. The Balaban J connectivity index is 1.49. The average Bonchev–Trinajstić information content (AvgIpc) is 3.03. The molecule has 0 saturated carbocycles. The van der Waals surface area contributed by atoms with Crippen LogP contribution in [0.1, 0.15) is 5.56 Å². The van der Waals surface area contributed by atoms with E-state index in [9.17, 15) is 9.59 Å². The lowest BCUT2D eigenvalue weighted by molar-refractivity contribution is -0.121. The molecule has 8 heteroatoms. The first-order chi connectivity index (χ1) is 11.6. The van der Waals surface area contributed by atoms with Gasteiger partial charge in [-0.05, 0) is 23.8 Å². The summed E-state index contributed by atoms with van der Waals surface area (Å²) in [4.78, 5) is 23.6. The van der Waals surface area contributed by atoms with Gasteiger partial charge in [0, 0.05) is 16.8 Å². The topological polar surface area (TPSA) is 88.7 Å². The lowest BCUT2D eigenvalue weighted by atomic mass is 10.1. The number of rotatable bonds is 3. The van der Waals surface area contributed by atoms with Crippen molar-refractivity contribution in [2.45, 2.75) is 6.42 Å². The number of hydrogen-bond acceptors (Lipinski definition) is 4. The Hall–Kier alpha value is -2.93. The van der Waals surface area contributed by atoms with Gasteiger partial charge in [0.2, 0.25) is 12.7 Å². The van der Waals surface area contributed by atoms with E-state index in [1.54, 1.807) is 42.5 Å². The monoisotopic (exact) mass is 347 g/mol. The van der Waals surface area contributed by atoms with Gasteiger partial charge in [0.1, 0.15) is 0 Å². The normalized spacial score (nSPS) is 11.7. The van der Waals surface area contributed by atoms with Gasteiger partial charge in [-0.25, -0.2) is 10.2 Å². The van der Waals surface area contributed by atoms with E-state index < -0.39 is 6.03 Å². The number of amides is 3. The zero-order valence-electron chi connectivity index (χ0n) is 12.5. The number of nitrogens with one attached hydrogen (secondary N) is 3. The lowest BCUT2D eigenvalue weighted by Gasteiger charge is -2.10. The number of carbonyl (C=O) groups is 2. The van der Waals surface area contributed by atoms with Crippen LogP contribution in [0.2, 0.25) is 5.02 Å². The molecule has 2 aromatic carbocycles. The van der Waals surface area contributed by atoms with Crippen molar-refractivity contribution in [1.82, 2.24) is 10.9 Å². The second-order valence-corrected chi connectivity index (χ2v) is 5.37. The van der Waals surface area contributed by atoms with Gasteiger partial charge < -0.3 is 14.8 Å². The third kappa shape index (κ3) is 3.88. The highest BCUT2D eigenvalue weighted by Gasteiger charge is 2.14. The minimum atomic E-state index is -0.582. The Morgan fingerprint density at radius 1 is 1.04 bits per heavy atom. The van der Waals surface area contributed by atoms with Crippen LogP contribution in [0.25, 0.3) is 0 Å². The van der Waals surface area contributed by atoms with Crippen LogP contribution < -0.4 is 25.6 Å². The van der Waals surface area contributed by atoms with Crippen LogP contribution in [-0.2, 0) is 11.2 Å². The molecule has 1 aliphatic rings. The van der Waals surface area contributed by atoms with Gasteiger partial charge in [-0.3, -0.25) is 10.2 Å². The fraction of sp³-hybridized carbons (Fsp3) is 0.125. The van der Waals surface area contributed by atoms with Crippen LogP contribution in [0.4, 0.5) is 10.5 Å². The molecule has 0 bridgehead atoms. The molecule has 0 aromatic heterocycles. The maximum atomic E-state index is 11.8. The largest absolute Gasteiger partial charge is 0.454 e. The van der Waals surface area contributed by atoms with Gasteiger partial charge in [0.15, 0.2) is 11.5 Å². The molecule has 0 fully saturated rings. The highest BCUT2D eigenvalue weighted by atomic mass is 35.5. The summed E-state index contributed by atoms with van der Waals surface area (Å²) in [5, 5.41) is 3.07. The SMILES string of the molecule is O=C(Cc1ccccc1Cl)NNC(=O)Nc1ccc2c(c1)OCO2. The number of hydrazine groups is 1. The van der Waals surface area contributed by atoms with Gasteiger partial charge >= 0.3 is 6.03 Å². The number of carbonyl (C=O) groups excluding carboxylic acids is 2. The van der Waals surface area contributed by atoms with Crippen molar-refractivity contribution in [1.29, 1.82) is 0 Å². The van der Waals surface area contributed by atoms with E-state index in [0.717, 1.165) is 0 Å². The summed E-state index contributed by atoms with van der Waals surface area (Å²) in [6.07, 6.45) is 0.0595. The molecule has 0 aliphatic carbocycles. The van der Waals surface area contributed by atoms with E-state index in [0.29, 0.717) is 27.8 Å². The maximum Gasteiger partial charge on any atom is 0.337 e. The van der Waals surface area contributed by atoms with Crippen LogP contribution in [0.5, 0.6) is 11.5 Å². The van der Waals surface area contributed by atoms with Crippen LogP contribution in [0.15, 0.2) is 42.5 Å². The quantitative estimate of drug-likeness (QED) is 0.744. The molecule has 0 unspecified atom stereocenters. The Morgan fingerprint density at radius 3 is 2.67 bits per heavy atom. The smallest absolute Gasteiger partial charge is 0.337 e. The summed E-state index contributed by atoms with van der Waals surface area (Å²) in [6.45, 7) is 0.156. The van der Waals surface area contributed by atoms with Gasteiger partial charge in [-0.1, -0.05) is 29.8 Å². The molecule has 0 saturated heterocycles. The summed E-state index contributed by atoms with van der Waals surface area (Å²) in [5.74, 6) is 0.786. The Labute approximate surface area is 142 Å². The zero-order chi connectivity index (χ0) is 16.9. The first-order valence-corrected chi connectivity index (χ1v) is 7.48. The predicted molar refractivity (Wildman–Crippen MR) is 88.0 cm³/mol. The maximum absolute atomic E-state index is 11.8. The number of anilines is 1. The second-order valence-electron chi connectivity index (χ2n) is 4.96. The number of benzene rings is 2. The zero-order valence-corrected chi connectivity index (χ0v) is 13.2. The van der Waals surface area contributed by atoms with Crippen molar-refractivity contribution in [3.05, 3.63) is 53.1 Å². The van der Waals surface area contributed by atoms with Crippen molar-refractivity contribution in [2.75, 3.05) is 12.1 Å². The number of hydrogen-bond donors (Lipinski definition) is 3. The summed E-state index contributed by atoms with van der Waals surface area (Å²) in [7, 11) is 0. The van der Waals surface area contributed by atoms with E-state index in [4.69, 9.17) is 21.1 Å². The molecule has 124 valence electrons. The first-order valence-electron chi connectivity index (χ1n) is 7.11. The molecular weight excluding hydrogens is 334 g/mol. The molecule has 0 radical (unpaired) electrons. The number of fused-ring (bicyclic) bond motifs is 1. The van der Waals surface area contributed by atoms with Crippen LogP contribution in [-0.4, -0.2) is 18.7 Å². The molecule has 24 heavy (non-hydrogen) atoms. The van der Waals surface area contributed by atoms with Gasteiger partial charge in [-0.2, -0.15) is 0 Å². The summed E-state index contributed by atoms with van der Waals surface area (Å²) in [6, 6.07) is 11.4. The fourth-order valence-electron chi connectivity index (χ4n) is 2.12. The van der Waals surface area contributed by atoms with Crippen molar-refractivity contribution >= 4 is 29.2 Å². The molecule has 3 rings (SSSR count). The van der Waals surface area contributed by atoms with E-state index in [1.165, 1.54) is 0 Å².